The van der Waals surface area contributed by atoms with E-state index in [0.717, 1.165) is 64.6 Å². The summed E-state index contributed by atoms with van der Waals surface area (Å²) in [7, 11) is -1.39. The first kappa shape index (κ1) is 40.1. The van der Waals surface area contributed by atoms with E-state index in [4.69, 9.17) is 9.40 Å². The van der Waals surface area contributed by atoms with E-state index in [1.807, 2.05) is 40.0 Å². The number of hydrogen-bond donors (Lipinski definition) is 1. The molecule has 0 saturated carbocycles. The molecular weight excluding hydrogens is 799 g/mol. The molecule has 1 radical (unpaired) electrons. The number of pyridine rings is 1. The Hall–Kier alpha value is -3.31. The minimum absolute atomic E-state index is 0. The molecule has 0 saturated heterocycles. The van der Waals surface area contributed by atoms with Gasteiger partial charge >= 0.3 is 0 Å². The van der Waals surface area contributed by atoms with Crippen molar-refractivity contribution in [3.63, 3.8) is 0 Å². The number of aliphatic hydroxyl groups is 1. The van der Waals surface area contributed by atoms with Crippen LogP contribution in [0.1, 0.15) is 79.7 Å². The first-order valence-electron chi connectivity index (χ1n) is 17.6. The van der Waals surface area contributed by atoms with Crippen LogP contribution in [0.2, 0.25) is 19.6 Å². The molecule has 49 heavy (non-hydrogen) atoms. The van der Waals surface area contributed by atoms with Crippen molar-refractivity contribution in [2.45, 2.75) is 99.2 Å². The Balaban J connectivity index is 0.000000347. The van der Waals surface area contributed by atoms with Gasteiger partial charge in [0.1, 0.15) is 11.3 Å². The first-order valence-corrected chi connectivity index (χ1v) is 21.1. The Morgan fingerprint density at radius 3 is 2.16 bits per heavy atom. The van der Waals surface area contributed by atoms with Gasteiger partial charge in [-0.25, -0.2) is 0 Å². The second-order valence-electron chi connectivity index (χ2n) is 14.9. The van der Waals surface area contributed by atoms with Gasteiger partial charge < -0.3 is 9.52 Å². The molecule has 0 amide bonds. The molecule has 5 rings (SSSR count). The minimum atomic E-state index is -1.39. The smallest absolute Gasteiger partial charge is 0.162 e. The number of furan rings is 1. The van der Waals surface area contributed by atoms with Crippen molar-refractivity contribution in [2.24, 2.45) is 11.8 Å². The quantitative estimate of drug-likeness (QED) is 0.0658. The molecule has 1 N–H and O–H groups in total. The Kier molecular flexibility index (Phi) is 14.0. The molecule has 0 aliphatic rings. The number of hydrogen-bond acceptors (Lipinski definition) is 4. The van der Waals surface area contributed by atoms with Gasteiger partial charge in [0, 0.05) is 60.9 Å². The fourth-order valence-corrected chi connectivity index (χ4v) is 7.29. The summed E-state index contributed by atoms with van der Waals surface area (Å²) in [6.07, 6.45) is 6.77. The summed E-state index contributed by atoms with van der Waals surface area (Å²) in [4.78, 5) is 16.4. The third-order valence-corrected chi connectivity index (χ3v) is 11.4. The van der Waals surface area contributed by atoms with Crippen molar-refractivity contribution in [1.82, 2.24) is 4.98 Å². The van der Waals surface area contributed by atoms with E-state index in [-0.39, 0.29) is 48.9 Å². The van der Waals surface area contributed by atoms with Crippen LogP contribution in [0.4, 0.5) is 0 Å². The van der Waals surface area contributed by atoms with E-state index in [1.165, 1.54) is 22.2 Å². The average Bonchev–Trinajstić information content (AvgIpc) is 3.49. The number of nitrogens with zero attached hydrogens (tertiary/aromatic N) is 1. The third-order valence-electron chi connectivity index (χ3n) is 9.37. The standard InChI is InChI=1S/C30H30NOSi.C13H24O2.Ir/c1-30(2,3)26-16-23(15-20-9-7-8-10-25(20)26)27-17-22(13-14-31-27)28-18-21-11-12-24(33(4,5)6)19-29(21)32-28;1-5-10(6-2)12(14)9-13(15)11(7-3)8-4;/h7-14,16-19H,1-6H3;9-11,14H,5-8H2,1-4H3;/q-1;;/b;12-9-;. The molecule has 0 spiro atoms. The van der Waals surface area contributed by atoms with Crippen molar-refractivity contribution in [1.29, 1.82) is 0 Å². The number of allylic oxidation sites excluding steroid dienone is 2. The molecule has 2 heterocycles. The molecule has 3 aromatic carbocycles. The van der Waals surface area contributed by atoms with Crippen LogP contribution in [0.3, 0.4) is 0 Å². The van der Waals surface area contributed by atoms with Crippen molar-refractivity contribution in [3.05, 3.63) is 96.4 Å². The second kappa shape index (κ2) is 17.1. The Morgan fingerprint density at radius 2 is 1.55 bits per heavy atom. The molecule has 0 aliphatic carbocycles. The zero-order valence-corrected chi connectivity index (χ0v) is 34.4. The fourth-order valence-electron chi connectivity index (χ4n) is 6.14. The Labute approximate surface area is 308 Å². The van der Waals surface area contributed by atoms with Crippen LogP contribution in [-0.4, -0.2) is 23.9 Å². The molecular formula is C43H54IrNO3Si-. The molecule has 0 unspecified atom stereocenters. The van der Waals surface area contributed by atoms with Crippen LogP contribution < -0.4 is 5.19 Å². The van der Waals surface area contributed by atoms with Crippen molar-refractivity contribution < 1.29 is 34.4 Å². The van der Waals surface area contributed by atoms with Crippen LogP contribution in [0.15, 0.2) is 89.2 Å². The fraction of sp³-hybridized carbons (Fsp3) is 0.395. The number of benzene rings is 3. The van der Waals surface area contributed by atoms with Crippen molar-refractivity contribution in [2.75, 3.05) is 0 Å². The second-order valence-corrected chi connectivity index (χ2v) is 20.0. The number of aromatic nitrogens is 1. The van der Waals surface area contributed by atoms with Crippen molar-refractivity contribution in [3.8, 4) is 22.6 Å². The topological polar surface area (TPSA) is 63.3 Å². The average molecular weight is 853 g/mol. The largest absolute Gasteiger partial charge is 0.512 e. The van der Waals surface area contributed by atoms with Gasteiger partial charge in [0.05, 0.1) is 13.8 Å². The van der Waals surface area contributed by atoms with E-state index in [2.05, 4.69) is 107 Å². The number of fused-ring (bicyclic) bond motifs is 2. The molecule has 6 heteroatoms. The minimum Gasteiger partial charge on any atom is -0.512 e. The molecule has 5 aromatic rings. The van der Waals surface area contributed by atoms with Gasteiger partial charge in [-0.3, -0.25) is 9.78 Å². The first-order chi connectivity index (χ1) is 22.7. The molecule has 0 atom stereocenters. The number of carbonyl (C=O) groups is 1. The van der Waals surface area contributed by atoms with E-state index >= 15 is 0 Å². The summed E-state index contributed by atoms with van der Waals surface area (Å²) in [5.41, 5.74) is 5.24. The predicted molar refractivity (Wildman–Crippen MR) is 207 cm³/mol. The van der Waals surface area contributed by atoms with Gasteiger partial charge in [0.2, 0.25) is 0 Å². The van der Waals surface area contributed by atoms with E-state index in [9.17, 15) is 9.90 Å². The van der Waals surface area contributed by atoms with E-state index in [1.54, 1.807) is 0 Å². The Bertz CT molecular complexity index is 1890. The summed E-state index contributed by atoms with van der Waals surface area (Å²) >= 11 is 0. The Morgan fingerprint density at radius 1 is 0.898 bits per heavy atom. The SMILES string of the molecule is CC(C)(C)c1cc(-c2cc(-c3cc4ccc([Si](C)(C)C)cc4o3)ccn2)[c-]c2ccccc12.CCC(CC)C(=O)/C=C(\O)C(CC)CC.[Ir]. The molecule has 0 fully saturated rings. The van der Waals surface area contributed by atoms with Crippen LogP contribution in [0, 0.1) is 17.9 Å². The molecule has 0 aliphatic heterocycles. The van der Waals surface area contributed by atoms with E-state index in [0.29, 0.717) is 0 Å². The molecule has 4 nitrogen and oxygen atoms in total. The zero-order chi connectivity index (χ0) is 35.2. The number of carbonyl (C=O) groups excluding carboxylic acids is 1. The zero-order valence-electron chi connectivity index (χ0n) is 31.0. The predicted octanol–water partition coefficient (Wildman–Crippen LogP) is 11.8. The third kappa shape index (κ3) is 9.90. The summed E-state index contributed by atoms with van der Waals surface area (Å²) in [6, 6.07) is 27.3. The number of rotatable bonds is 10. The van der Waals surface area contributed by atoms with Crippen molar-refractivity contribution >= 4 is 40.8 Å². The maximum absolute atomic E-state index is 11.7. The van der Waals surface area contributed by atoms with E-state index < -0.39 is 8.07 Å². The van der Waals surface area contributed by atoms with Crippen LogP contribution >= 0.6 is 0 Å². The summed E-state index contributed by atoms with van der Waals surface area (Å²) < 4.78 is 6.31. The summed E-state index contributed by atoms with van der Waals surface area (Å²) in [6.45, 7) is 21.9. The van der Waals surface area contributed by atoms with Gasteiger partial charge in [0.25, 0.3) is 0 Å². The van der Waals surface area contributed by atoms with Gasteiger partial charge in [-0.05, 0) is 49.3 Å². The van der Waals surface area contributed by atoms with Gasteiger partial charge in [-0.1, -0.05) is 121 Å². The van der Waals surface area contributed by atoms with Gasteiger partial charge in [-0.2, -0.15) is 0 Å². The number of ketones is 1. The summed E-state index contributed by atoms with van der Waals surface area (Å²) in [5.74, 6) is 1.42. The van der Waals surface area contributed by atoms with Crippen LogP contribution in [0.5, 0.6) is 0 Å². The normalized spacial score (nSPS) is 12.3. The maximum Gasteiger partial charge on any atom is 0.162 e. The molecule has 263 valence electrons. The monoisotopic (exact) mass is 853 g/mol. The summed E-state index contributed by atoms with van der Waals surface area (Å²) in [5, 5.41) is 14.7. The molecule has 2 aromatic heterocycles. The van der Waals surface area contributed by atoms with Crippen LogP contribution in [-0.2, 0) is 30.3 Å². The van der Waals surface area contributed by atoms with Crippen LogP contribution in [0.25, 0.3) is 44.3 Å². The number of aliphatic hydroxyl groups excluding tert-OH is 1. The van der Waals surface area contributed by atoms with Gasteiger partial charge in [-0.15, -0.1) is 29.1 Å². The molecule has 0 bridgehead atoms. The maximum atomic E-state index is 11.7. The van der Waals surface area contributed by atoms with Gasteiger partial charge in [0.15, 0.2) is 5.78 Å².